The third-order valence-electron chi connectivity index (χ3n) is 4.83. The van der Waals surface area contributed by atoms with E-state index in [0.29, 0.717) is 12.3 Å². The average Bonchev–Trinajstić information content (AvgIpc) is 2.69. The Balaban J connectivity index is 2.19. The van der Waals surface area contributed by atoms with Crippen molar-refractivity contribution < 1.29 is 9.53 Å². The predicted octanol–water partition coefficient (Wildman–Crippen LogP) is 6.89. The van der Waals surface area contributed by atoms with Crippen molar-refractivity contribution in [3.63, 3.8) is 0 Å². The molecular weight excluding hydrogens is 366 g/mol. The Labute approximate surface area is 176 Å². The van der Waals surface area contributed by atoms with E-state index in [2.05, 4.69) is 6.92 Å². The van der Waals surface area contributed by atoms with E-state index in [4.69, 9.17) is 10.1 Å². The molecular formula is C24H39NO2S. The molecule has 1 aliphatic rings. The van der Waals surface area contributed by atoms with E-state index in [1.165, 1.54) is 64.2 Å². The van der Waals surface area contributed by atoms with Gasteiger partial charge in [-0.15, -0.1) is 0 Å². The fourth-order valence-electron chi connectivity index (χ4n) is 3.16. The Morgan fingerprint density at radius 1 is 0.964 bits per heavy atom. The highest BCUT2D eigenvalue weighted by molar-refractivity contribution is 7.99. The third-order valence-corrected chi connectivity index (χ3v) is 6.01. The number of ether oxygens (including phenoxy) is 1. The topological polar surface area (TPSA) is 50.2 Å². The van der Waals surface area contributed by atoms with Crippen molar-refractivity contribution in [3.8, 4) is 0 Å². The highest BCUT2D eigenvalue weighted by Gasteiger charge is 2.17. The summed E-state index contributed by atoms with van der Waals surface area (Å²) in [6.07, 6.45) is 22.8. The van der Waals surface area contributed by atoms with Crippen LogP contribution in [-0.4, -0.2) is 29.8 Å². The van der Waals surface area contributed by atoms with Crippen molar-refractivity contribution >= 4 is 23.4 Å². The molecule has 0 radical (unpaired) electrons. The van der Waals surface area contributed by atoms with E-state index in [-0.39, 0.29) is 11.9 Å². The SMILES string of the molecule is CCCCCCCCCCCCSCC(C=C1C=CC(=N)C=C1)C(=O)OCC. The van der Waals surface area contributed by atoms with E-state index in [1.54, 1.807) is 12.2 Å². The lowest BCUT2D eigenvalue weighted by Gasteiger charge is -2.13. The lowest BCUT2D eigenvalue weighted by atomic mass is 10.0. The zero-order chi connectivity index (χ0) is 20.5. The van der Waals surface area contributed by atoms with Crippen LogP contribution in [0.2, 0.25) is 0 Å². The number of carbonyl (C=O) groups is 1. The van der Waals surface area contributed by atoms with Crippen molar-refractivity contribution in [2.45, 2.75) is 78.1 Å². The van der Waals surface area contributed by atoms with Crippen molar-refractivity contribution in [1.29, 1.82) is 5.41 Å². The molecule has 1 atom stereocenters. The van der Waals surface area contributed by atoms with Crippen LogP contribution in [0, 0.1) is 11.3 Å². The second kappa shape index (κ2) is 16.6. The molecule has 0 heterocycles. The lowest BCUT2D eigenvalue weighted by Crippen LogP contribution is -2.19. The van der Waals surface area contributed by atoms with Gasteiger partial charge in [0.15, 0.2) is 0 Å². The molecule has 0 amide bonds. The van der Waals surface area contributed by atoms with Gasteiger partial charge in [0.1, 0.15) is 0 Å². The summed E-state index contributed by atoms with van der Waals surface area (Å²) in [4.78, 5) is 12.2. The summed E-state index contributed by atoms with van der Waals surface area (Å²) < 4.78 is 5.24. The fraction of sp³-hybridized carbons (Fsp3) is 0.667. The number of carbonyl (C=O) groups excluding carboxylic acids is 1. The average molecular weight is 406 g/mol. The van der Waals surface area contributed by atoms with E-state index < -0.39 is 0 Å². The molecule has 28 heavy (non-hydrogen) atoms. The minimum Gasteiger partial charge on any atom is -0.466 e. The Bertz CT molecular complexity index is 519. The van der Waals surface area contributed by atoms with Crippen LogP contribution in [0.25, 0.3) is 0 Å². The third kappa shape index (κ3) is 12.2. The van der Waals surface area contributed by atoms with Crippen LogP contribution in [0.1, 0.15) is 78.1 Å². The van der Waals surface area contributed by atoms with Crippen LogP contribution in [0.4, 0.5) is 0 Å². The molecule has 158 valence electrons. The minimum absolute atomic E-state index is 0.145. The number of nitrogens with one attached hydrogen (secondary N) is 1. The first-order chi connectivity index (χ1) is 13.7. The normalized spacial score (nSPS) is 14.4. The number of hydrogen-bond donors (Lipinski definition) is 1. The Morgan fingerprint density at radius 2 is 1.54 bits per heavy atom. The monoisotopic (exact) mass is 405 g/mol. The molecule has 1 N–H and O–H groups in total. The molecule has 1 aliphatic carbocycles. The van der Waals surface area contributed by atoms with Crippen LogP contribution in [0.15, 0.2) is 36.0 Å². The molecule has 1 rings (SSSR count). The Hall–Kier alpha value is -1.29. The maximum absolute atomic E-state index is 12.2. The quantitative estimate of drug-likeness (QED) is 0.225. The van der Waals surface area contributed by atoms with Crippen LogP contribution < -0.4 is 0 Å². The fourth-order valence-corrected chi connectivity index (χ4v) is 4.22. The maximum Gasteiger partial charge on any atom is 0.313 e. The summed E-state index contributed by atoms with van der Waals surface area (Å²) >= 11 is 1.85. The van der Waals surface area contributed by atoms with Gasteiger partial charge in [0, 0.05) is 5.75 Å². The molecule has 0 aromatic heterocycles. The van der Waals surface area contributed by atoms with E-state index in [0.717, 1.165) is 17.1 Å². The van der Waals surface area contributed by atoms with Gasteiger partial charge in [0.2, 0.25) is 0 Å². The molecule has 0 saturated carbocycles. The molecule has 0 spiro atoms. The van der Waals surface area contributed by atoms with Gasteiger partial charge in [-0.05, 0) is 36.8 Å². The van der Waals surface area contributed by atoms with Gasteiger partial charge in [-0.2, -0.15) is 11.8 Å². The number of unbranched alkanes of at least 4 members (excludes halogenated alkanes) is 9. The molecule has 3 nitrogen and oxygen atoms in total. The molecule has 0 aliphatic heterocycles. The molecule has 0 fully saturated rings. The summed E-state index contributed by atoms with van der Waals surface area (Å²) in [5.41, 5.74) is 1.47. The molecule has 0 saturated heterocycles. The first-order valence-corrected chi connectivity index (χ1v) is 12.2. The largest absolute Gasteiger partial charge is 0.466 e. The van der Waals surface area contributed by atoms with Gasteiger partial charge in [-0.3, -0.25) is 4.79 Å². The van der Waals surface area contributed by atoms with Gasteiger partial charge < -0.3 is 10.1 Å². The van der Waals surface area contributed by atoms with Crippen molar-refractivity contribution in [2.24, 2.45) is 5.92 Å². The van der Waals surface area contributed by atoms with E-state index >= 15 is 0 Å². The molecule has 0 aromatic rings. The Kier molecular flexibility index (Phi) is 14.7. The lowest BCUT2D eigenvalue weighted by molar-refractivity contribution is -0.145. The molecule has 1 unspecified atom stereocenters. The summed E-state index contributed by atoms with van der Waals surface area (Å²) in [5.74, 6) is 1.50. The maximum atomic E-state index is 12.2. The molecule has 0 aromatic carbocycles. The Morgan fingerprint density at radius 3 is 2.11 bits per heavy atom. The highest BCUT2D eigenvalue weighted by Crippen LogP contribution is 2.19. The van der Waals surface area contributed by atoms with Gasteiger partial charge in [-0.1, -0.05) is 82.9 Å². The number of thioether (sulfide) groups is 1. The van der Waals surface area contributed by atoms with Crippen LogP contribution >= 0.6 is 11.8 Å². The number of hydrogen-bond acceptors (Lipinski definition) is 4. The second-order valence-corrected chi connectivity index (χ2v) is 8.55. The smallest absolute Gasteiger partial charge is 0.313 e. The zero-order valence-corrected chi connectivity index (χ0v) is 18.7. The standard InChI is InChI=1S/C24H39NO2S/c1-3-5-6-7-8-9-10-11-12-13-18-28-20-22(24(26)27-4-2)19-21-14-16-23(25)17-15-21/h14-17,19,22,25H,3-13,18,20H2,1-2H3. The number of esters is 1. The molecule has 4 heteroatoms. The van der Waals surface area contributed by atoms with E-state index in [9.17, 15) is 4.79 Å². The number of rotatable bonds is 16. The van der Waals surface area contributed by atoms with Gasteiger partial charge in [0.05, 0.1) is 18.2 Å². The van der Waals surface area contributed by atoms with Gasteiger partial charge >= 0.3 is 5.97 Å². The van der Waals surface area contributed by atoms with Gasteiger partial charge in [0.25, 0.3) is 0 Å². The molecule has 0 bridgehead atoms. The summed E-state index contributed by atoms with van der Waals surface area (Å²) in [5, 5.41) is 7.57. The van der Waals surface area contributed by atoms with Gasteiger partial charge in [-0.25, -0.2) is 0 Å². The van der Waals surface area contributed by atoms with E-state index in [1.807, 2.05) is 36.9 Å². The summed E-state index contributed by atoms with van der Waals surface area (Å²) in [6.45, 7) is 4.53. The summed E-state index contributed by atoms with van der Waals surface area (Å²) in [6, 6.07) is 0. The minimum atomic E-state index is -0.218. The zero-order valence-electron chi connectivity index (χ0n) is 17.9. The van der Waals surface area contributed by atoms with Crippen molar-refractivity contribution in [3.05, 3.63) is 36.0 Å². The van der Waals surface area contributed by atoms with Crippen LogP contribution in [-0.2, 0) is 9.53 Å². The van der Waals surface area contributed by atoms with Crippen molar-refractivity contribution in [1.82, 2.24) is 0 Å². The first kappa shape index (κ1) is 24.7. The number of allylic oxidation sites excluding steroid dienone is 5. The first-order valence-electron chi connectivity index (χ1n) is 11.1. The highest BCUT2D eigenvalue weighted by atomic mass is 32.2. The second-order valence-electron chi connectivity index (χ2n) is 7.40. The predicted molar refractivity (Wildman–Crippen MR) is 123 cm³/mol. The van der Waals surface area contributed by atoms with Crippen LogP contribution in [0.5, 0.6) is 0 Å². The van der Waals surface area contributed by atoms with Crippen molar-refractivity contribution in [2.75, 3.05) is 18.1 Å². The summed E-state index contributed by atoms with van der Waals surface area (Å²) in [7, 11) is 0. The van der Waals surface area contributed by atoms with Crippen LogP contribution in [0.3, 0.4) is 0 Å².